The van der Waals surface area contributed by atoms with Gasteiger partial charge in [-0.2, -0.15) is 0 Å². The monoisotopic (exact) mass is 265 g/mol. The molecular formula is C16H27NO2. The molecule has 2 N–H and O–H groups in total. The summed E-state index contributed by atoms with van der Waals surface area (Å²) in [5.41, 5.74) is 0.980. The van der Waals surface area contributed by atoms with Gasteiger partial charge >= 0.3 is 0 Å². The van der Waals surface area contributed by atoms with Crippen LogP contribution < -0.4 is 5.32 Å². The van der Waals surface area contributed by atoms with Crippen LogP contribution in [0.3, 0.4) is 0 Å². The Labute approximate surface area is 117 Å². The number of rotatable bonds is 9. The van der Waals surface area contributed by atoms with Crippen molar-refractivity contribution in [2.75, 3.05) is 19.8 Å². The summed E-state index contributed by atoms with van der Waals surface area (Å²) in [5, 5.41) is 13.3. The van der Waals surface area contributed by atoms with E-state index in [4.69, 9.17) is 4.74 Å². The SMILES string of the molecule is CCC(NCCCOCC(C)C)c1ccccc1O. The van der Waals surface area contributed by atoms with Crippen LogP contribution in [0.1, 0.15) is 45.2 Å². The highest BCUT2D eigenvalue weighted by Crippen LogP contribution is 2.25. The number of ether oxygens (including phenoxy) is 1. The van der Waals surface area contributed by atoms with E-state index in [2.05, 4.69) is 26.1 Å². The Bertz CT molecular complexity index is 352. The third kappa shape index (κ3) is 6.08. The van der Waals surface area contributed by atoms with Gasteiger partial charge in [0.05, 0.1) is 0 Å². The summed E-state index contributed by atoms with van der Waals surface area (Å²) in [5.74, 6) is 0.968. The molecule has 1 rings (SSSR count). The van der Waals surface area contributed by atoms with Crippen molar-refractivity contribution in [3.8, 4) is 5.75 Å². The predicted molar refractivity (Wildman–Crippen MR) is 79.4 cm³/mol. The minimum atomic E-state index is 0.214. The molecule has 19 heavy (non-hydrogen) atoms. The third-order valence-electron chi connectivity index (χ3n) is 3.03. The Kier molecular flexibility index (Phi) is 7.53. The topological polar surface area (TPSA) is 41.5 Å². The fourth-order valence-corrected chi connectivity index (χ4v) is 2.03. The fraction of sp³-hybridized carbons (Fsp3) is 0.625. The third-order valence-corrected chi connectivity index (χ3v) is 3.03. The molecule has 0 bridgehead atoms. The summed E-state index contributed by atoms with van der Waals surface area (Å²) >= 11 is 0. The van der Waals surface area contributed by atoms with E-state index in [1.54, 1.807) is 6.07 Å². The molecule has 1 unspecified atom stereocenters. The van der Waals surface area contributed by atoms with Crippen molar-refractivity contribution in [2.24, 2.45) is 5.92 Å². The van der Waals surface area contributed by atoms with E-state index in [0.29, 0.717) is 11.7 Å². The highest BCUT2D eigenvalue weighted by Gasteiger charge is 2.11. The number of aromatic hydroxyl groups is 1. The normalized spacial score (nSPS) is 12.8. The number of nitrogens with one attached hydrogen (secondary N) is 1. The second kappa shape index (κ2) is 8.94. The van der Waals surface area contributed by atoms with Gasteiger partial charge in [0.2, 0.25) is 0 Å². The average molecular weight is 265 g/mol. The Balaban J connectivity index is 2.28. The fourth-order valence-electron chi connectivity index (χ4n) is 2.03. The molecule has 0 saturated carbocycles. The molecule has 0 heterocycles. The van der Waals surface area contributed by atoms with Crippen LogP contribution in [-0.4, -0.2) is 24.9 Å². The summed E-state index contributed by atoms with van der Waals surface area (Å²) < 4.78 is 5.55. The predicted octanol–water partition coefficient (Wildman–Crippen LogP) is 3.50. The number of phenols is 1. The molecular weight excluding hydrogens is 238 g/mol. The van der Waals surface area contributed by atoms with Crippen LogP contribution in [0.15, 0.2) is 24.3 Å². The highest BCUT2D eigenvalue weighted by atomic mass is 16.5. The molecule has 0 saturated heterocycles. The zero-order chi connectivity index (χ0) is 14.1. The molecule has 0 amide bonds. The Morgan fingerprint density at radius 2 is 2.00 bits per heavy atom. The molecule has 108 valence electrons. The lowest BCUT2D eigenvalue weighted by Gasteiger charge is -2.18. The quantitative estimate of drug-likeness (QED) is 0.671. The maximum atomic E-state index is 9.85. The van der Waals surface area contributed by atoms with Gasteiger partial charge in [0.15, 0.2) is 0 Å². The van der Waals surface area contributed by atoms with Crippen molar-refractivity contribution >= 4 is 0 Å². The van der Waals surface area contributed by atoms with Crippen LogP contribution in [-0.2, 0) is 4.74 Å². The minimum Gasteiger partial charge on any atom is -0.508 e. The van der Waals surface area contributed by atoms with E-state index < -0.39 is 0 Å². The number of hydrogen-bond donors (Lipinski definition) is 2. The average Bonchev–Trinajstić information content (AvgIpc) is 2.39. The van der Waals surface area contributed by atoms with E-state index in [-0.39, 0.29) is 6.04 Å². The molecule has 0 aliphatic carbocycles. The summed E-state index contributed by atoms with van der Waals surface area (Å²) in [4.78, 5) is 0. The zero-order valence-electron chi connectivity index (χ0n) is 12.4. The van der Waals surface area contributed by atoms with E-state index in [1.165, 1.54) is 0 Å². The van der Waals surface area contributed by atoms with E-state index in [1.807, 2.05) is 18.2 Å². The first kappa shape index (κ1) is 16.0. The highest BCUT2D eigenvalue weighted by molar-refractivity contribution is 5.34. The number of hydrogen-bond acceptors (Lipinski definition) is 3. The summed E-state index contributed by atoms with van der Waals surface area (Å²) in [7, 11) is 0. The molecule has 0 radical (unpaired) electrons. The first-order valence-corrected chi connectivity index (χ1v) is 7.24. The van der Waals surface area contributed by atoms with Crippen molar-refractivity contribution in [1.29, 1.82) is 0 Å². The van der Waals surface area contributed by atoms with Crippen molar-refractivity contribution < 1.29 is 9.84 Å². The van der Waals surface area contributed by atoms with Crippen molar-refractivity contribution in [1.82, 2.24) is 5.32 Å². The lowest BCUT2D eigenvalue weighted by Crippen LogP contribution is -2.23. The Morgan fingerprint density at radius 3 is 2.63 bits per heavy atom. The minimum absolute atomic E-state index is 0.214. The van der Waals surface area contributed by atoms with Gasteiger partial charge in [0, 0.05) is 24.8 Å². The lowest BCUT2D eigenvalue weighted by atomic mass is 10.0. The molecule has 0 aromatic heterocycles. The number of benzene rings is 1. The second-order valence-corrected chi connectivity index (χ2v) is 5.30. The van der Waals surface area contributed by atoms with Crippen LogP contribution in [0.25, 0.3) is 0 Å². The summed E-state index contributed by atoms with van der Waals surface area (Å²) in [6, 6.07) is 7.75. The molecule has 1 aromatic carbocycles. The van der Waals surface area contributed by atoms with Crippen LogP contribution in [0.4, 0.5) is 0 Å². The molecule has 0 aliphatic heterocycles. The van der Waals surface area contributed by atoms with Gasteiger partial charge in [-0.3, -0.25) is 0 Å². The molecule has 1 atom stereocenters. The first-order valence-electron chi connectivity index (χ1n) is 7.24. The summed E-state index contributed by atoms with van der Waals surface area (Å²) in [6.45, 7) is 8.97. The van der Waals surface area contributed by atoms with Gasteiger partial charge in [0.1, 0.15) is 5.75 Å². The molecule has 3 nitrogen and oxygen atoms in total. The van der Waals surface area contributed by atoms with E-state index in [0.717, 1.165) is 38.2 Å². The van der Waals surface area contributed by atoms with Crippen molar-refractivity contribution in [2.45, 2.75) is 39.7 Å². The standard InChI is InChI=1S/C16H27NO2/c1-4-15(14-8-5-6-9-16(14)18)17-10-7-11-19-12-13(2)3/h5-6,8-9,13,15,17-18H,4,7,10-12H2,1-3H3. The van der Waals surface area contributed by atoms with Gasteiger partial charge < -0.3 is 15.2 Å². The van der Waals surface area contributed by atoms with E-state index >= 15 is 0 Å². The smallest absolute Gasteiger partial charge is 0.120 e. The molecule has 0 spiro atoms. The molecule has 0 aliphatic rings. The van der Waals surface area contributed by atoms with Crippen molar-refractivity contribution in [3.63, 3.8) is 0 Å². The molecule has 0 fully saturated rings. The number of phenolic OH excluding ortho intramolecular Hbond substituents is 1. The van der Waals surface area contributed by atoms with Crippen LogP contribution in [0, 0.1) is 5.92 Å². The van der Waals surface area contributed by atoms with Crippen molar-refractivity contribution in [3.05, 3.63) is 29.8 Å². The van der Waals surface area contributed by atoms with Crippen LogP contribution in [0.2, 0.25) is 0 Å². The number of para-hydroxylation sites is 1. The van der Waals surface area contributed by atoms with Crippen LogP contribution in [0.5, 0.6) is 5.75 Å². The van der Waals surface area contributed by atoms with Gasteiger partial charge in [-0.1, -0.05) is 39.0 Å². The van der Waals surface area contributed by atoms with Crippen LogP contribution >= 0.6 is 0 Å². The Hall–Kier alpha value is -1.06. The van der Waals surface area contributed by atoms with E-state index in [9.17, 15) is 5.11 Å². The Morgan fingerprint density at radius 1 is 1.26 bits per heavy atom. The first-order chi connectivity index (χ1) is 9.15. The van der Waals surface area contributed by atoms with Gasteiger partial charge in [-0.05, 0) is 31.4 Å². The second-order valence-electron chi connectivity index (χ2n) is 5.30. The van der Waals surface area contributed by atoms with Gasteiger partial charge in [-0.25, -0.2) is 0 Å². The van der Waals surface area contributed by atoms with Gasteiger partial charge in [-0.15, -0.1) is 0 Å². The molecule has 3 heteroatoms. The maximum absolute atomic E-state index is 9.85. The molecule has 1 aromatic rings. The largest absolute Gasteiger partial charge is 0.508 e. The van der Waals surface area contributed by atoms with Gasteiger partial charge in [0.25, 0.3) is 0 Å². The summed E-state index contributed by atoms with van der Waals surface area (Å²) in [6.07, 6.45) is 1.96. The maximum Gasteiger partial charge on any atom is 0.120 e. The lowest BCUT2D eigenvalue weighted by molar-refractivity contribution is 0.107. The zero-order valence-corrected chi connectivity index (χ0v) is 12.4.